The van der Waals surface area contributed by atoms with Crippen LogP contribution in [0.25, 0.3) is 0 Å². The fraction of sp³-hybridized carbons (Fsp3) is 0.897. The molecule has 1 aliphatic rings. The van der Waals surface area contributed by atoms with Crippen LogP contribution in [0.4, 0.5) is 0 Å². The largest absolute Gasteiger partial charge is 0.472 e. The van der Waals surface area contributed by atoms with Crippen molar-refractivity contribution in [3.63, 3.8) is 0 Å². The number of esters is 2. The number of ether oxygens (including phenoxy) is 2. The highest BCUT2D eigenvalue weighted by molar-refractivity contribution is 7.47. The van der Waals surface area contributed by atoms with E-state index >= 15 is 0 Å². The molecular weight excluding hydrogens is 786 g/mol. The Bertz CT molecular complexity index is 1200. The lowest BCUT2D eigenvalue weighted by Gasteiger charge is -2.21. The van der Waals surface area contributed by atoms with E-state index in [0.29, 0.717) is 44.4 Å². The van der Waals surface area contributed by atoms with E-state index in [1.807, 2.05) is 6.08 Å². The van der Waals surface area contributed by atoms with Gasteiger partial charge in [-0.25, -0.2) is 9.13 Å². The van der Waals surface area contributed by atoms with E-state index in [4.69, 9.17) is 23.8 Å². The lowest BCUT2D eigenvalue weighted by atomic mass is 9.88. The van der Waals surface area contributed by atoms with Gasteiger partial charge in [0.05, 0.1) is 38.1 Å². The van der Waals surface area contributed by atoms with Crippen molar-refractivity contribution < 1.29 is 76.9 Å². The molecule has 1 rings (SSSR count). The summed E-state index contributed by atoms with van der Waals surface area (Å²) in [6, 6.07) is 0. The Labute approximate surface area is 339 Å². The maximum absolute atomic E-state index is 12.6. The molecule has 0 amide bonds. The van der Waals surface area contributed by atoms with Gasteiger partial charge in [-0.15, -0.1) is 0 Å². The molecule has 0 heterocycles. The minimum absolute atomic E-state index is 0.0707. The van der Waals surface area contributed by atoms with Gasteiger partial charge in [0.15, 0.2) is 6.10 Å². The van der Waals surface area contributed by atoms with Crippen LogP contribution in [0.5, 0.6) is 0 Å². The second-order valence-electron chi connectivity index (χ2n) is 15.7. The highest BCUT2D eigenvalue weighted by Crippen LogP contribution is 2.44. The molecule has 0 spiro atoms. The van der Waals surface area contributed by atoms with Crippen molar-refractivity contribution in [2.24, 2.45) is 17.8 Å². The molecule has 0 aromatic rings. The molecule has 57 heavy (non-hydrogen) atoms. The molecule has 1 aliphatic carbocycles. The van der Waals surface area contributed by atoms with Gasteiger partial charge in [-0.3, -0.25) is 23.2 Å². The number of hydrogen-bond donors (Lipinski definition) is 7. The van der Waals surface area contributed by atoms with Crippen LogP contribution < -0.4 is 0 Å². The number of unbranched alkanes of at least 4 members (excludes halogenated alkanes) is 11. The Morgan fingerprint density at radius 3 is 1.89 bits per heavy atom. The summed E-state index contributed by atoms with van der Waals surface area (Å²) < 4.78 is 47.7. The van der Waals surface area contributed by atoms with Crippen LogP contribution in [0.3, 0.4) is 0 Å². The van der Waals surface area contributed by atoms with Crippen LogP contribution in [-0.4, -0.2) is 104 Å². The summed E-state index contributed by atoms with van der Waals surface area (Å²) in [5.41, 5.74) is 0. The molecule has 16 nitrogen and oxygen atoms in total. The first-order valence-electron chi connectivity index (χ1n) is 21.0. The Hall–Kier alpha value is -1.26. The molecule has 8 atom stereocenters. The van der Waals surface area contributed by atoms with E-state index in [-0.39, 0.29) is 24.7 Å². The molecule has 0 aromatic carbocycles. The molecule has 18 heteroatoms. The molecule has 336 valence electrons. The summed E-state index contributed by atoms with van der Waals surface area (Å²) in [6.45, 7) is 3.63. The number of carbonyl (C=O) groups excluding carboxylic acids is 2. The topological polar surface area (TPSA) is 256 Å². The monoisotopic (exact) mass is 860 g/mol. The third-order valence-corrected chi connectivity index (χ3v) is 11.4. The van der Waals surface area contributed by atoms with E-state index in [1.165, 1.54) is 19.3 Å². The zero-order valence-corrected chi connectivity index (χ0v) is 36.2. The fourth-order valence-electron chi connectivity index (χ4n) is 6.69. The van der Waals surface area contributed by atoms with Crippen molar-refractivity contribution >= 4 is 27.6 Å². The van der Waals surface area contributed by atoms with Crippen LogP contribution in [0, 0.1) is 17.8 Å². The van der Waals surface area contributed by atoms with Gasteiger partial charge in [0.1, 0.15) is 12.7 Å². The van der Waals surface area contributed by atoms with Crippen LogP contribution in [0.1, 0.15) is 149 Å². The van der Waals surface area contributed by atoms with Gasteiger partial charge < -0.3 is 44.6 Å². The van der Waals surface area contributed by atoms with Crippen LogP contribution >= 0.6 is 15.6 Å². The Morgan fingerprint density at radius 1 is 0.702 bits per heavy atom. The number of rotatable bonds is 35. The first kappa shape index (κ1) is 53.8. The lowest BCUT2D eigenvalue weighted by molar-refractivity contribution is -0.161. The summed E-state index contributed by atoms with van der Waals surface area (Å²) >= 11 is 0. The second kappa shape index (κ2) is 30.7. The van der Waals surface area contributed by atoms with Crippen LogP contribution in [0.15, 0.2) is 12.2 Å². The lowest BCUT2D eigenvalue weighted by Crippen LogP contribution is -2.30. The maximum Gasteiger partial charge on any atom is 0.472 e. The molecule has 0 bridgehead atoms. The average molecular weight is 861 g/mol. The molecule has 1 saturated carbocycles. The maximum atomic E-state index is 12.6. The molecule has 1 fully saturated rings. The predicted octanol–water partition coefficient (Wildman–Crippen LogP) is 6.41. The first-order chi connectivity index (χ1) is 26.9. The standard InChI is InChI=1S/C39H74O16P2/c1-4-5-13-19-31(40)23-24-35-34(36(42)25-37(35)43)20-15-11-12-16-21-38(44)51-28-33(29-54-57(49,50)53-27-32(41)26-52-56(46,47)48)55-39(45)22-17-10-8-6-7-9-14-18-30(2)3/h23-24,30-37,40-43H,4-22,25-29H2,1-3H3,(H,49,50)(H2,46,47,48)/b24-23+/t31-,32-,33+,34+,35+,36-,37+/m0/s1. The Kier molecular flexibility index (Phi) is 29.0. The highest BCUT2D eigenvalue weighted by Gasteiger charge is 2.39. The summed E-state index contributed by atoms with van der Waals surface area (Å²) in [7, 11) is -9.74. The first-order valence-corrected chi connectivity index (χ1v) is 24.0. The van der Waals surface area contributed by atoms with Crippen molar-refractivity contribution in [2.45, 2.75) is 180 Å². The van der Waals surface area contributed by atoms with E-state index in [2.05, 4.69) is 29.8 Å². The zero-order valence-electron chi connectivity index (χ0n) is 34.4. The minimum atomic E-state index is -4.89. The summed E-state index contributed by atoms with van der Waals surface area (Å²) in [4.78, 5) is 52.7. The molecular formula is C39H74O16P2. The SMILES string of the molecule is CCCCC[C@H](O)/C=C/[C@@H]1[C@@H](CCCCCCC(=O)OC[C@H](COP(=O)(O)OC[C@@H](O)COP(=O)(O)O)OC(=O)CCCCCCCCCC(C)C)[C@@H](O)C[C@H]1O. The second-order valence-corrected chi connectivity index (χ2v) is 18.4. The quantitative estimate of drug-likeness (QED) is 0.0157. The predicted molar refractivity (Wildman–Crippen MR) is 214 cm³/mol. The summed E-state index contributed by atoms with van der Waals surface area (Å²) in [5.74, 6) is -0.831. The number of aliphatic hydroxyl groups excluding tert-OH is 4. The fourth-order valence-corrected chi connectivity index (χ4v) is 7.84. The molecule has 0 saturated heterocycles. The zero-order chi connectivity index (χ0) is 42.7. The van der Waals surface area contributed by atoms with Gasteiger partial charge >= 0.3 is 27.6 Å². The highest BCUT2D eigenvalue weighted by atomic mass is 31.2. The molecule has 0 radical (unpaired) electrons. The van der Waals surface area contributed by atoms with Crippen molar-refractivity contribution in [2.75, 3.05) is 26.4 Å². The Balaban J connectivity index is 2.55. The van der Waals surface area contributed by atoms with Crippen molar-refractivity contribution in [1.82, 2.24) is 0 Å². The number of phosphoric acid groups is 2. The average Bonchev–Trinajstić information content (AvgIpc) is 3.41. The van der Waals surface area contributed by atoms with Crippen LogP contribution in [0.2, 0.25) is 0 Å². The van der Waals surface area contributed by atoms with E-state index in [0.717, 1.165) is 57.8 Å². The van der Waals surface area contributed by atoms with Gasteiger partial charge in [-0.05, 0) is 37.5 Å². The number of aliphatic hydroxyl groups is 4. The van der Waals surface area contributed by atoms with Gasteiger partial charge in [0, 0.05) is 25.2 Å². The molecule has 1 unspecified atom stereocenters. The van der Waals surface area contributed by atoms with E-state index in [1.54, 1.807) is 6.08 Å². The minimum Gasteiger partial charge on any atom is -0.462 e. The van der Waals surface area contributed by atoms with Crippen molar-refractivity contribution in [1.29, 1.82) is 0 Å². The third-order valence-electron chi connectivity index (χ3n) is 9.92. The number of hydrogen-bond acceptors (Lipinski definition) is 13. The Morgan fingerprint density at radius 2 is 1.26 bits per heavy atom. The number of carbonyl (C=O) groups is 2. The molecule has 7 N–H and O–H groups in total. The molecule has 0 aliphatic heterocycles. The van der Waals surface area contributed by atoms with Crippen molar-refractivity contribution in [3.8, 4) is 0 Å². The van der Waals surface area contributed by atoms with Gasteiger partial charge in [0.2, 0.25) is 0 Å². The number of phosphoric ester groups is 2. The molecule has 0 aromatic heterocycles. The van der Waals surface area contributed by atoms with Gasteiger partial charge in [-0.2, -0.15) is 0 Å². The van der Waals surface area contributed by atoms with Crippen molar-refractivity contribution in [3.05, 3.63) is 12.2 Å². The van der Waals surface area contributed by atoms with Gasteiger partial charge in [0.25, 0.3) is 0 Å². The normalized spacial score (nSPS) is 21.5. The van der Waals surface area contributed by atoms with Crippen LogP contribution in [-0.2, 0) is 41.8 Å². The van der Waals surface area contributed by atoms with Gasteiger partial charge in [-0.1, -0.05) is 116 Å². The third kappa shape index (κ3) is 28.8. The van der Waals surface area contributed by atoms with E-state index in [9.17, 15) is 44.0 Å². The summed E-state index contributed by atoms with van der Waals surface area (Å²) in [6.07, 6.45) is 14.6. The van der Waals surface area contributed by atoms with E-state index < -0.39 is 84.5 Å². The summed E-state index contributed by atoms with van der Waals surface area (Å²) in [5, 5.41) is 41.1. The smallest absolute Gasteiger partial charge is 0.462 e.